The minimum absolute atomic E-state index is 0.866. The molecule has 1 N–H and O–H groups in total. The highest BCUT2D eigenvalue weighted by molar-refractivity contribution is 7.11. The van der Waals surface area contributed by atoms with Crippen molar-refractivity contribution in [2.24, 2.45) is 0 Å². The van der Waals surface area contributed by atoms with E-state index in [0.717, 1.165) is 19.1 Å². The fraction of sp³-hybridized carbons (Fsp3) is 0.692. The zero-order valence-corrected chi connectivity index (χ0v) is 11.1. The molecule has 16 heavy (non-hydrogen) atoms. The molecule has 0 atom stereocenters. The zero-order valence-electron chi connectivity index (χ0n) is 10.3. The van der Waals surface area contributed by atoms with E-state index < -0.39 is 0 Å². The van der Waals surface area contributed by atoms with Crippen molar-refractivity contribution < 1.29 is 0 Å². The Labute approximate surface area is 103 Å². The van der Waals surface area contributed by atoms with E-state index in [-0.39, 0.29) is 0 Å². The molecular weight excluding hydrogens is 216 g/mol. The molecule has 0 radical (unpaired) electrons. The van der Waals surface area contributed by atoms with E-state index in [1.54, 1.807) is 0 Å². The maximum absolute atomic E-state index is 3.52. The Morgan fingerprint density at radius 3 is 2.81 bits per heavy atom. The summed E-state index contributed by atoms with van der Waals surface area (Å²) in [5.74, 6) is 0. The summed E-state index contributed by atoms with van der Waals surface area (Å²) in [4.78, 5) is 5.35. The van der Waals surface area contributed by atoms with Crippen molar-refractivity contribution in [1.29, 1.82) is 0 Å². The number of nitrogens with zero attached hydrogens (tertiary/aromatic N) is 1. The van der Waals surface area contributed by atoms with Crippen molar-refractivity contribution in [1.82, 2.24) is 10.2 Å². The van der Waals surface area contributed by atoms with Crippen LogP contribution in [0, 0.1) is 6.92 Å². The predicted octanol–water partition coefficient (Wildman–Crippen LogP) is 2.63. The third-order valence-electron chi connectivity index (χ3n) is 3.43. The SMILES string of the molecule is Cc1ccc(CNCCN(C)C2CCC2)s1. The van der Waals surface area contributed by atoms with Gasteiger partial charge in [-0.3, -0.25) is 0 Å². The maximum Gasteiger partial charge on any atom is 0.0300 e. The van der Waals surface area contributed by atoms with Crippen LogP contribution in [0.1, 0.15) is 29.0 Å². The van der Waals surface area contributed by atoms with Crippen molar-refractivity contribution >= 4 is 11.3 Å². The van der Waals surface area contributed by atoms with Crippen LogP contribution in [-0.2, 0) is 6.54 Å². The average molecular weight is 238 g/mol. The van der Waals surface area contributed by atoms with Gasteiger partial charge in [0.1, 0.15) is 0 Å². The fourth-order valence-corrected chi connectivity index (χ4v) is 2.92. The molecule has 1 aliphatic rings. The van der Waals surface area contributed by atoms with Crippen LogP contribution in [0.25, 0.3) is 0 Å². The summed E-state index contributed by atoms with van der Waals surface area (Å²) in [6, 6.07) is 5.29. The second-order valence-electron chi connectivity index (χ2n) is 4.75. The summed E-state index contributed by atoms with van der Waals surface area (Å²) < 4.78 is 0. The fourth-order valence-electron chi connectivity index (χ4n) is 2.06. The first-order valence-electron chi connectivity index (χ1n) is 6.22. The Kier molecular flexibility index (Phi) is 4.38. The molecule has 1 saturated carbocycles. The summed E-state index contributed by atoms with van der Waals surface area (Å²) in [6.07, 6.45) is 4.23. The molecule has 0 aromatic carbocycles. The van der Waals surface area contributed by atoms with Crippen LogP contribution in [0.5, 0.6) is 0 Å². The summed E-state index contributed by atoms with van der Waals surface area (Å²) in [5, 5.41) is 3.52. The number of nitrogens with one attached hydrogen (secondary N) is 1. The second kappa shape index (κ2) is 5.80. The first kappa shape index (κ1) is 12.1. The van der Waals surface area contributed by atoms with E-state index in [1.807, 2.05) is 11.3 Å². The molecule has 1 aliphatic carbocycles. The van der Waals surface area contributed by atoms with Gasteiger partial charge in [0.25, 0.3) is 0 Å². The lowest BCUT2D eigenvalue weighted by Crippen LogP contribution is -2.40. The molecule has 1 heterocycles. The third kappa shape index (κ3) is 3.30. The summed E-state index contributed by atoms with van der Waals surface area (Å²) >= 11 is 1.89. The minimum Gasteiger partial charge on any atom is -0.311 e. The Balaban J connectivity index is 1.57. The molecule has 1 aromatic rings. The average Bonchev–Trinajstić information content (AvgIpc) is 2.56. The molecule has 0 spiro atoms. The van der Waals surface area contributed by atoms with Crippen molar-refractivity contribution in [2.75, 3.05) is 20.1 Å². The van der Waals surface area contributed by atoms with Gasteiger partial charge >= 0.3 is 0 Å². The topological polar surface area (TPSA) is 15.3 Å². The quantitative estimate of drug-likeness (QED) is 0.767. The smallest absolute Gasteiger partial charge is 0.0300 e. The van der Waals surface area contributed by atoms with E-state index in [2.05, 4.69) is 36.3 Å². The molecule has 0 aliphatic heterocycles. The molecule has 90 valence electrons. The molecule has 0 amide bonds. The Morgan fingerprint density at radius 1 is 1.44 bits per heavy atom. The van der Waals surface area contributed by atoms with Gasteiger partial charge in [-0.2, -0.15) is 0 Å². The van der Waals surface area contributed by atoms with Crippen molar-refractivity contribution in [3.05, 3.63) is 21.9 Å². The summed E-state index contributed by atoms with van der Waals surface area (Å²) in [5.41, 5.74) is 0. The highest BCUT2D eigenvalue weighted by Crippen LogP contribution is 2.22. The van der Waals surface area contributed by atoms with Crippen LogP contribution in [0.3, 0.4) is 0 Å². The maximum atomic E-state index is 3.52. The number of hydrogen-bond acceptors (Lipinski definition) is 3. The van der Waals surface area contributed by atoms with E-state index >= 15 is 0 Å². The van der Waals surface area contributed by atoms with E-state index in [4.69, 9.17) is 0 Å². The molecule has 1 fully saturated rings. The highest BCUT2D eigenvalue weighted by atomic mass is 32.1. The zero-order chi connectivity index (χ0) is 11.4. The van der Waals surface area contributed by atoms with Crippen molar-refractivity contribution in [2.45, 2.75) is 38.8 Å². The third-order valence-corrected chi connectivity index (χ3v) is 4.44. The number of rotatable bonds is 6. The van der Waals surface area contributed by atoms with E-state index in [0.29, 0.717) is 0 Å². The minimum atomic E-state index is 0.866. The van der Waals surface area contributed by atoms with Crippen LogP contribution >= 0.6 is 11.3 Å². The van der Waals surface area contributed by atoms with Crippen molar-refractivity contribution in [3.8, 4) is 0 Å². The molecule has 0 unspecified atom stereocenters. The molecular formula is C13H22N2S. The first-order valence-corrected chi connectivity index (χ1v) is 7.03. The second-order valence-corrected chi connectivity index (χ2v) is 6.13. The lowest BCUT2D eigenvalue weighted by Gasteiger charge is -2.34. The molecule has 2 nitrogen and oxygen atoms in total. The van der Waals surface area contributed by atoms with Gasteiger partial charge in [0, 0.05) is 35.4 Å². The largest absolute Gasteiger partial charge is 0.311 e. The summed E-state index contributed by atoms with van der Waals surface area (Å²) in [7, 11) is 2.25. The van der Waals surface area contributed by atoms with Crippen LogP contribution in [0.4, 0.5) is 0 Å². The highest BCUT2D eigenvalue weighted by Gasteiger charge is 2.20. The Hall–Kier alpha value is -0.380. The van der Waals surface area contributed by atoms with Gasteiger partial charge in [0.05, 0.1) is 0 Å². The number of thiophene rings is 1. The Morgan fingerprint density at radius 2 is 2.25 bits per heavy atom. The molecule has 0 bridgehead atoms. The monoisotopic (exact) mass is 238 g/mol. The van der Waals surface area contributed by atoms with Gasteiger partial charge in [-0.25, -0.2) is 0 Å². The first-order chi connectivity index (χ1) is 7.75. The van der Waals surface area contributed by atoms with Gasteiger partial charge in [-0.15, -0.1) is 11.3 Å². The van der Waals surface area contributed by atoms with Crippen LogP contribution in [0.2, 0.25) is 0 Å². The van der Waals surface area contributed by atoms with Gasteiger partial charge in [0.15, 0.2) is 0 Å². The number of aryl methyl sites for hydroxylation is 1. The van der Waals surface area contributed by atoms with Crippen molar-refractivity contribution in [3.63, 3.8) is 0 Å². The van der Waals surface area contributed by atoms with Gasteiger partial charge in [-0.05, 0) is 38.9 Å². The van der Waals surface area contributed by atoms with Crippen LogP contribution in [-0.4, -0.2) is 31.1 Å². The molecule has 2 rings (SSSR count). The van der Waals surface area contributed by atoms with Gasteiger partial charge in [-0.1, -0.05) is 6.42 Å². The Bertz CT molecular complexity index is 317. The van der Waals surface area contributed by atoms with E-state index in [1.165, 1.54) is 35.6 Å². The van der Waals surface area contributed by atoms with Gasteiger partial charge in [0.2, 0.25) is 0 Å². The van der Waals surface area contributed by atoms with Crippen LogP contribution in [0.15, 0.2) is 12.1 Å². The number of likely N-dealkylation sites (N-methyl/N-ethyl adjacent to an activating group) is 1. The normalized spacial score (nSPS) is 16.7. The lowest BCUT2D eigenvalue weighted by atomic mass is 9.92. The summed E-state index contributed by atoms with van der Waals surface area (Å²) in [6.45, 7) is 5.47. The molecule has 0 saturated heterocycles. The van der Waals surface area contributed by atoms with Gasteiger partial charge < -0.3 is 10.2 Å². The lowest BCUT2D eigenvalue weighted by molar-refractivity contribution is 0.160. The van der Waals surface area contributed by atoms with Crippen LogP contribution < -0.4 is 5.32 Å². The molecule has 3 heteroatoms. The van der Waals surface area contributed by atoms with E-state index in [9.17, 15) is 0 Å². The standard InChI is InChI=1S/C13H22N2S/c1-11-6-7-13(16-11)10-14-8-9-15(2)12-4-3-5-12/h6-7,12,14H,3-5,8-10H2,1-2H3. The molecule has 1 aromatic heterocycles. The predicted molar refractivity (Wildman–Crippen MR) is 71.0 cm³/mol. The number of hydrogen-bond donors (Lipinski definition) is 1.